The molecule has 1 fully saturated rings. The molecule has 1 aliphatic heterocycles. The SMILES string of the molecule is COc1ccccc1S(=O)(=O)N1CC(C)(C)OCC1C(=O)O. The quantitative estimate of drug-likeness (QED) is 0.884. The Kier molecular flexibility index (Phi) is 4.46. The molecule has 1 N–H and O–H groups in total. The lowest BCUT2D eigenvalue weighted by Gasteiger charge is -2.40. The van der Waals surface area contributed by atoms with Crippen LogP contribution in [-0.4, -0.2) is 55.7 Å². The molecule has 1 saturated heterocycles. The van der Waals surface area contributed by atoms with Gasteiger partial charge in [0.1, 0.15) is 16.7 Å². The average Bonchev–Trinajstić information content (AvgIpc) is 2.45. The van der Waals surface area contributed by atoms with Crippen LogP contribution in [0.1, 0.15) is 13.8 Å². The third-order valence-electron chi connectivity index (χ3n) is 3.46. The summed E-state index contributed by atoms with van der Waals surface area (Å²) >= 11 is 0. The lowest BCUT2D eigenvalue weighted by atomic mass is 10.1. The Labute approximate surface area is 129 Å². The van der Waals surface area contributed by atoms with E-state index in [1.807, 2.05) is 0 Å². The second kappa shape index (κ2) is 5.86. The predicted molar refractivity (Wildman–Crippen MR) is 78.3 cm³/mol. The van der Waals surface area contributed by atoms with Crippen molar-refractivity contribution in [2.45, 2.75) is 30.4 Å². The van der Waals surface area contributed by atoms with Gasteiger partial charge in [0.05, 0.1) is 19.3 Å². The zero-order valence-electron chi connectivity index (χ0n) is 12.6. The minimum Gasteiger partial charge on any atom is -0.495 e. The predicted octanol–water partition coefficient (Wildman–Crippen LogP) is 0.948. The number of methoxy groups -OCH3 is 1. The zero-order chi connectivity index (χ0) is 16.5. The van der Waals surface area contributed by atoms with Crippen molar-refractivity contribution in [2.24, 2.45) is 0 Å². The number of hydrogen-bond acceptors (Lipinski definition) is 5. The molecular formula is C14H19NO6S. The van der Waals surface area contributed by atoms with E-state index in [0.29, 0.717) is 0 Å². The second-order valence-electron chi connectivity index (χ2n) is 5.63. The number of benzene rings is 1. The third-order valence-corrected chi connectivity index (χ3v) is 5.35. The first kappa shape index (κ1) is 16.7. The van der Waals surface area contributed by atoms with Crippen LogP contribution in [0, 0.1) is 0 Å². The highest BCUT2D eigenvalue weighted by Crippen LogP contribution is 2.31. The van der Waals surface area contributed by atoms with Crippen molar-refractivity contribution in [1.29, 1.82) is 0 Å². The van der Waals surface area contributed by atoms with Crippen LogP contribution in [0.15, 0.2) is 29.2 Å². The summed E-state index contributed by atoms with van der Waals surface area (Å²) in [6.07, 6.45) is 0. The van der Waals surface area contributed by atoms with Gasteiger partial charge < -0.3 is 14.6 Å². The van der Waals surface area contributed by atoms with Crippen molar-refractivity contribution in [3.05, 3.63) is 24.3 Å². The summed E-state index contributed by atoms with van der Waals surface area (Å²) in [5.41, 5.74) is -0.763. The number of hydrogen-bond donors (Lipinski definition) is 1. The summed E-state index contributed by atoms with van der Waals surface area (Å²) in [5, 5.41) is 9.30. The maximum atomic E-state index is 12.9. The van der Waals surface area contributed by atoms with Crippen molar-refractivity contribution in [3.63, 3.8) is 0 Å². The Balaban J connectivity index is 2.51. The fraction of sp³-hybridized carbons (Fsp3) is 0.500. The van der Waals surface area contributed by atoms with Crippen molar-refractivity contribution in [3.8, 4) is 5.75 Å². The topological polar surface area (TPSA) is 93.1 Å². The number of para-hydroxylation sites is 1. The molecule has 0 saturated carbocycles. The second-order valence-corrected chi connectivity index (χ2v) is 7.48. The highest BCUT2D eigenvalue weighted by molar-refractivity contribution is 7.89. The van der Waals surface area contributed by atoms with E-state index in [1.54, 1.807) is 26.0 Å². The number of ether oxygens (including phenoxy) is 2. The molecule has 0 bridgehead atoms. The van der Waals surface area contributed by atoms with Gasteiger partial charge in [-0.05, 0) is 26.0 Å². The number of carbonyl (C=O) groups is 1. The first-order valence-corrected chi connectivity index (χ1v) is 8.15. The Morgan fingerprint density at radius 1 is 1.41 bits per heavy atom. The first-order chi connectivity index (χ1) is 10.2. The van der Waals surface area contributed by atoms with Crippen LogP contribution in [0.4, 0.5) is 0 Å². The van der Waals surface area contributed by atoms with Gasteiger partial charge in [-0.25, -0.2) is 8.42 Å². The number of sulfonamides is 1. The van der Waals surface area contributed by atoms with E-state index in [1.165, 1.54) is 19.2 Å². The highest BCUT2D eigenvalue weighted by atomic mass is 32.2. The zero-order valence-corrected chi connectivity index (χ0v) is 13.5. The van der Waals surface area contributed by atoms with Crippen LogP contribution in [0.25, 0.3) is 0 Å². The van der Waals surface area contributed by atoms with E-state index in [9.17, 15) is 18.3 Å². The highest BCUT2D eigenvalue weighted by Gasteiger charge is 2.45. The fourth-order valence-electron chi connectivity index (χ4n) is 2.32. The van der Waals surface area contributed by atoms with E-state index in [-0.39, 0.29) is 23.8 Å². The van der Waals surface area contributed by atoms with E-state index >= 15 is 0 Å². The van der Waals surface area contributed by atoms with Crippen molar-refractivity contribution in [2.75, 3.05) is 20.3 Å². The van der Waals surface area contributed by atoms with E-state index < -0.39 is 27.6 Å². The summed E-state index contributed by atoms with van der Waals surface area (Å²) in [6, 6.07) is 4.87. The maximum Gasteiger partial charge on any atom is 0.324 e. The van der Waals surface area contributed by atoms with Crippen LogP contribution in [-0.2, 0) is 19.6 Å². The summed E-state index contributed by atoms with van der Waals surface area (Å²) in [4.78, 5) is 11.3. The number of morpholine rings is 1. The normalized spacial score (nSPS) is 22.2. The molecule has 8 heteroatoms. The van der Waals surface area contributed by atoms with Gasteiger partial charge in [-0.3, -0.25) is 4.79 Å². The number of carboxylic acids is 1. The summed E-state index contributed by atoms with van der Waals surface area (Å²) in [7, 11) is -2.66. The van der Waals surface area contributed by atoms with Gasteiger partial charge in [-0.2, -0.15) is 4.31 Å². The number of aliphatic carboxylic acids is 1. The molecule has 0 radical (unpaired) electrons. The fourth-order valence-corrected chi connectivity index (χ4v) is 4.20. The van der Waals surface area contributed by atoms with Gasteiger partial charge in [-0.15, -0.1) is 0 Å². The lowest BCUT2D eigenvalue weighted by molar-refractivity contribution is -0.154. The maximum absolute atomic E-state index is 12.9. The standard InChI is InChI=1S/C14H19NO6S/c1-14(2)9-15(10(8-21-14)13(16)17)22(18,19)12-7-5-4-6-11(12)20-3/h4-7,10H,8-9H2,1-3H3,(H,16,17). The van der Waals surface area contributed by atoms with Gasteiger partial charge in [0.2, 0.25) is 10.0 Å². The van der Waals surface area contributed by atoms with Crippen LogP contribution in [0.2, 0.25) is 0 Å². The molecule has 7 nitrogen and oxygen atoms in total. The molecule has 22 heavy (non-hydrogen) atoms. The monoisotopic (exact) mass is 329 g/mol. The summed E-state index contributed by atoms with van der Waals surface area (Å²) in [6.45, 7) is 3.19. The van der Waals surface area contributed by atoms with E-state index in [4.69, 9.17) is 9.47 Å². The molecule has 1 unspecified atom stereocenters. The van der Waals surface area contributed by atoms with Crippen LogP contribution < -0.4 is 4.74 Å². The Hall–Kier alpha value is -1.64. The molecule has 1 aromatic rings. The Bertz CT molecular complexity index is 670. The van der Waals surface area contributed by atoms with E-state index in [2.05, 4.69) is 0 Å². The van der Waals surface area contributed by atoms with Crippen molar-refractivity contribution in [1.82, 2.24) is 4.31 Å². The third kappa shape index (κ3) is 3.08. The molecule has 2 rings (SSSR count). The minimum absolute atomic E-state index is 0.0512. The van der Waals surface area contributed by atoms with E-state index in [0.717, 1.165) is 4.31 Å². The van der Waals surface area contributed by atoms with Gasteiger partial charge in [0, 0.05) is 6.54 Å². The van der Waals surface area contributed by atoms with Crippen LogP contribution in [0.5, 0.6) is 5.75 Å². The van der Waals surface area contributed by atoms with Gasteiger partial charge >= 0.3 is 5.97 Å². The summed E-state index contributed by atoms with van der Waals surface area (Å²) in [5.74, 6) is -1.06. The van der Waals surface area contributed by atoms with Crippen LogP contribution in [0.3, 0.4) is 0 Å². The molecule has 1 atom stereocenters. The lowest BCUT2D eigenvalue weighted by Crippen LogP contribution is -2.58. The largest absolute Gasteiger partial charge is 0.495 e. The number of rotatable bonds is 4. The molecule has 1 heterocycles. The summed E-state index contributed by atoms with van der Waals surface area (Å²) < 4.78 is 37.3. The van der Waals surface area contributed by atoms with Gasteiger partial charge in [-0.1, -0.05) is 12.1 Å². The molecule has 1 aromatic carbocycles. The van der Waals surface area contributed by atoms with Gasteiger partial charge in [0.15, 0.2) is 0 Å². The smallest absolute Gasteiger partial charge is 0.324 e. The molecule has 122 valence electrons. The van der Waals surface area contributed by atoms with Gasteiger partial charge in [0.25, 0.3) is 0 Å². The average molecular weight is 329 g/mol. The molecular weight excluding hydrogens is 310 g/mol. The molecule has 0 aromatic heterocycles. The number of nitrogens with zero attached hydrogens (tertiary/aromatic N) is 1. The molecule has 0 spiro atoms. The molecule has 0 aliphatic carbocycles. The van der Waals surface area contributed by atoms with Crippen LogP contribution >= 0.6 is 0 Å². The number of carboxylic acid groups (broad SMARTS) is 1. The van der Waals surface area contributed by atoms with Crippen molar-refractivity contribution >= 4 is 16.0 Å². The minimum atomic E-state index is -4.02. The Morgan fingerprint density at radius 3 is 2.64 bits per heavy atom. The Morgan fingerprint density at radius 2 is 2.05 bits per heavy atom. The van der Waals surface area contributed by atoms with Crippen molar-refractivity contribution < 1.29 is 27.8 Å². The first-order valence-electron chi connectivity index (χ1n) is 6.71. The molecule has 1 aliphatic rings. The molecule has 0 amide bonds.